The minimum Gasteiger partial charge on any atom is -0.376 e. The van der Waals surface area contributed by atoms with Crippen LogP contribution in [0.15, 0.2) is 36.4 Å². The van der Waals surface area contributed by atoms with Crippen molar-refractivity contribution in [1.82, 2.24) is 25.3 Å². The standard InChI is InChI=1S/C26H36N6O3/c1-3-27-26(34)32(18-22-6-4-17-35-22)19-25(33)31-14-5-13-30(15-16-31)24-12-11-23(28-29-24)21-9-7-20(2)8-10-21/h7-12,22H,3-6,13-19H2,1-2H3,(H,27,34)/t22-/m0/s1. The highest BCUT2D eigenvalue weighted by Crippen LogP contribution is 2.20. The van der Waals surface area contributed by atoms with E-state index in [-0.39, 0.29) is 24.6 Å². The van der Waals surface area contributed by atoms with Crippen molar-refractivity contribution >= 4 is 17.8 Å². The lowest BCUT2D eigenvalue weighted by Gasteiger charge is -2.28. The molecule has 0 bridgehead atoms. The fourth-order valence-corrected chi connectivity index (χ4v) is 4.55. The van der Waals surface area contributed by atoms with Crippen LogP contribution in [0.3, 0.4) is 0 Å². The van der Waals surface area contributed by atoms with Crippen LogP contribution in [0.2, 0.25) is 0 Å². The van der Waals surface area contributed by atoms with Crippen LogP contribution in [0.4, 0.5) is 10.6 Å². The first-order valence-electron chi connectivity index (χ1n) is 12.6. The maximum atomic E-state index is 13.1. The normalized spacial score (nSPS) is 18.3. The van der Waals surface area contributed by atoms with Gasteiger partial charge in [0, 0.05) is 51.4 Å². The molecule has 2 fully saturated rings. The third-order valence-electron chi connectivity index (χ3n) is 6.56. The molecule has 1 atom stereocenters. The number of urea groups is 1. The van der Waals surface area contributed by atoms with Gasteiger partial charge in [-0.05, 0) is 45.2 Å². The molecule has 1 aromatic carbocycles. The zero-order valence-corrected chi connectivity index (χ0v) is 20.8. The molecule has 188 valence electrons. The molecule has 1 aromatic heterocycles. The summed E-state index contributed by atoms with van der Waals surface area (Å²) in [6.45, 7) is 8.43. The number of hydrogen-bond donors (Lipinski definition) is 1. The molecule has 3 heterocycles. The number of anilines is 1. The molecule has 3 amide bonds. The third-order valence-corrected chi connectivity index (χ3v) is 6.56. The zero-order chi connectivity index (χ0) is 24.6. The number of hydrogen-bond acceptors (Lipinski definition) is 6. The monoisotopic (exact) mass is 480 g/mol. The fraction of sp³-hybridized carbons (Fsp3) is 0.538. The summed E-state index contributed by atoms with van der Waals surface area (Å²) in [5.41, 5.74) is 3.10. The van der Waals surface area contributed by atoms with E-state index in [0.717, 1.165) is 49.5 Å². The Bertz CT molecular complexity index is 976. The van der Waals surface area contributed by atoms with Crippen molar-refractivity contribution < 1.29 is 14.3 Å². The van der Waals surface area contributed by atoms with Gasteiger partial charge in [0.15, 0.2) is 5.82 Å². The van der Waals surface area contributed by atoms with Gasteiger partial charge >= 0.3 is 6.03 Å². The second-order valence-electron chi connectivity index (χ2n) is 9.22. The van der Waals surface area contributed by atoms with Gasteiger partial charge in [0.2, 0.25) is 5.91 Å². The van der Waals surface area contributed by atoms with Gasteiger partial charge in [-0.15, -0.1) is 10.2 Å². The second-order valence-corrected chi connectivity index (χ2v) is 9.22. The molecule has 9 nitrogen and oxygen atoms in total. The van der Waals surface area contributed by atoms with Gasteiger partial charge < -0.3 is 24.8 Å². The van der Waals surface area contributed by atoms with Crippen LogP contribution in [-0.2, 0) is 9.53 Å². The lowest BCUT2D eigenvalue weighted by molar-refractivity contribution is -0.131. The summed E-state index contributed by atoms with van der Waals surface area (Å²) in [4.78, 5) is 31.3. The van der Waals surface area contributed by atoms with Crippen molar-refractivity contribution in [2.75, 3.05) is 57.3 Å². The molecular formula is C26H36N6O3. The van der Waals surface area contributed by atoms with Crippen LogP contribution >= 0.6 is 0 Å². The van der Waals surface area contributed by atoms with E-state index in [1.807, 2.05) is 24.0 Å². The Morgan fingerprint density at radius 3 is 2.57 bits per heavy atom. The van der Waals surface area contributed by atoms with E-state index in [2.05, 4.69) is 51.6 Å². The molecule has 2 aliphatic heterocycles. The summed E-state index contributed by atoms with van der Waals surface area (Å²) in [5, 5.41) is 11.7. The molecule has 2 aliphatic rings. The zero-order valence-electron chi connectivity index (χ0n) is 20.8. The number of carbonyl (C=O) groups is 2. The lowest BCUT2D eigenvalue weighted by Crippen LogP contribution is -2.49. The van der Waals surface area contributed by atoms with E-state index in [1.165, 1.54) is 5.56 Å². The lowest BCUT2D eigenvalue weighted by atomic mass is 10.1. The van der Waals surface area contributed by atoms with Crippen molar-refractivity contribution in [3.8, 4) is 11.3 Å². The maximum Gasteiger partial charge on any atom is 0.317 e. The third kappa shape index (κ3) is 6.69. The Morgan fingerprint density at radius 2 is 1.89 bits per heavy atom. The quantitative estimate of drug-likeness (QED) is 0.655. The number of nitrogens with one attached hydrogen (secondary N) is 1. The molecule has 2 saturated heterocycles. The van der Waals surface area contributed by atoms with Crippen molar-refractivity contribution in [2.24, 2.45) is 0 Å². The van der Waals surface area contributed by atoms with Crippen LogP contribution in [0.1, 0.15) is 31.7 Å². The number of aryl methyl sites for hydroxylation is 1. The number of nitrogens with zero attached hydrogens (tertiary/aromatic N) is 5. The highest BCUT2D eigenvalue weighted by molar-refractivity contribution is 5.84. The summed E-state index contributed by atoms with van der Waals surface area (Å²) in [5.74, 6) is 0.786. The van der Waals surface area contributed by atoms with E-state index < -0.39 is 0 Å². The van der Waals surface area contributed by atoms with Gasteiger partial charge in [0.05, 0.1) is 11.8 Å². The van der Waals surface area contributed by atoms with E-state index in [4.69, 9.17) is 4.74 Å². The van der Waals surface area contributed by atoms with Crippen LogP contribution in [0.5, 0.6) is 0 Å². The molecule has 1 N–H and O–H groups in total. The van der Waals surface area contributed by atoms with E-state index >= 15 is 0 Å². The smallest absolute Gasteiger partial charge is 0.317 e. The SMILES string of the molecule is CCNC(=O)N(CC(=O)N1CCCN(c2ccc(-c3ccc(C)cc3)nn2)CC1)C[C@@H]1CCCO1. The molecule has 35 heavy (non-hydrogen) atoms. The summed E-state index contributed by atoms with van der Waals surface area (Å²) in [6, 6.07) is 12.0. The minimum absolute atomic E-state index is 0.00601. The van der Waals surface area contributed by atoms with Gasteiger partial charge in [0.25, 0.3) is 0 Å². The van der Waals surface area contributed by atoms with Crippen molar-refractivity contribution in [3.63, 3.8) is 0 Å². The van der Waals surface area contributed by atoms with Crippen molar-refractivity contribution in [1.29, 1.82) is 0 Å². The molecule has 0 spiro atoms. The first kappa shape index (κ1) is 24.9. The summed E-state index contributed by atoms with van der Waals surface area (Å²) < 4.78 is 5.70. The first-order valence-corrected chi connectivity index (χ1v) is 12.6. The molecule has 0 saturated carbocycles. The van der Waals surface area contributed by atoms with Crippen LogP contribution in [0.25, 0.3) is 11.3 Å². The van der Waals surface area contributed by atoms with E-state index in [1.54, 1.807) is 4.90 Å². The average molecular weight is 481 g/mol. The summed E-state index contributed by atoms with van der Waals surface area (Å²) in [6.07, 6.45) is 2.76. The predicted octanol–water partition coefficient (Wildman–Crippen LogP) is 2.70. The Kier molecular flexibility index (Phi) is 8.52. The molecule has 0 unspecified atom stereocenters. The number of amides is 3. The Labute approximate surface area is 207 Å². The van der Waals surface area contributed by atoms with Gasteiger partial charge in [-0.25, -0.2) is 4.79 Å². The molecule has 4 rings (SSSR count). The molecule has 9 heteroatoms. The Hall–Kier alpha value is -3.20. The summed E-state index contributed by atoms with van der Waals surface area (Å²) >= 11 is 0. The molecular weight excluding hydrogens is 444 g/mol. The number of aromatic nitrogens is 2. The number of ether oxygens (including phenoxy) is 1. The molecule has 2 aromatic rings. The topological polar surface area (TPSA) is 90.9 Å². The van der Waals surface area contributed by atoms with Gasteiger partial charge in [-0.1, -0.05) is 29.8 Å². The Morgan fingerprint density at radius 1 is 1.06 bits per heavy atom. The number of benzene rings is 1. The Balaban J connectivity index is 1.34. The van der Waals surface area contributed by atoms with Crippen molar-refractivity contribution in [2.45, 2.75) is 39.2 Å². The van der Waals surface area contributed by atoms with Crippen LogP contribution < -0.4 is 10.2 Å². The first-order chi connectivity index (χ1) is 17.0. The average Bonchev–Trinajstić information content (AvgIpc) is 3.25. The molecule has 0 radical (unpaired) electrons. The van der Waals surface area contributed by atoms with Gasteiger partial charge in [0.1, 0.15) is 6.54 Å². The van der Waals surface area contributed by atoms with E-state index in [0.29, 0.717) is 32.7 Å². The number of carbonyl (C=O) groups excluding carboxylic acids is 2. The minimum atomic E-state index is -0.211. The van der Waals surface area contributed by atoms with E-state index in [9.17, 15) is 9.59 Å². The highest BCUT2D eigenvalue weighted by Gasteiger charge is 2.27. The van der Waals surface area contributed by atoms with Crippen LogP contribution in [0, 0.1) is 6.92 Å². The fourth-order valence-electron chi connectivity index (χ4n) is 4.55. The number of rotatable bonds is 7. The molecule has 0 aliphatic carbocycles. The van der Waals surface area contributed by atoms with Crippen molar-refractivity contribution in [3.05, 3.63) is 42.0 Å². The van der Waals surface area contributed by atoms with Crippen LogP contribution in [-0.4, -0.2) is 90.5 Å². The summed E-state index contributed by atoms with van der Waals surface area (Å²) in [7, 11) is 0. The predicted molar refractivity (Wildman–Crippen MR) is 135 cm³/mol. The maximum absolute atomic E-state index is 13.1. The van der Waals surface area contributed by atoms with Gasteiger partial charge in [-0.2, -0.15) is 0 Å². The van der Waals surface area contributed by atoms with Gasteiger partial charge in [-0.3, -0.25) is 4.79 Å². The largest absolute Gasteiger partial charge is 0.376 e. The second kappa shape index (κ2) is 12.0. The highest BCUT2D eigenvalue weighted by atomic mass is 16.5.